The van der Waals surface area contributed by atoms with E-state index in [1.54, 1.807) is 0 Å². The summed E-state index contributed by atoms with van der Waals surface area (Å²) in [5, 5.41) is 14.8. The van der Waals surface area contributed by atoms with Gasteiger partial charge in [0.2, 0.25) is 0 Å². The van der Waals surface area contributed by atoms with E-state index in [2.05, 4.69) is 10.6 Å². The minimum absolute atomic E-state index is 0.243. The van der Waals surface area contributed by atoms with Crippen LogP contribution in [0.2, 0.25) is 0 Å². The molecule has 54 valence electrons. The predicted octanol–water partition coefficient (Wildman–Crippen LogP) is -1.07. The van der Waals surface area contributed by atoms with Crippen molar-refractivity contribution in [2.45, 2.75) is 12.5 Å². The molecule has 1 heterocycles. The van der Waals surface area contributed by atoms with E-state index in [-0.39, 0.29) is 6.61 Å². The average Bonchev–Trinajstić information content (AvgIpc) is 1.76. The molecular weight excluding hydrogens is 116 g/mol. The van der Waals surface area contributed by atoms with Crippen LogP contribution in [0.15, 0.2) is 0 Å². The van der Waals surface area contributed by atoms with Crippen molar-refractivity contribution in [2.75, 3.05) is 26.2 Å². The first-order valence-electron chi connectivity index (χ1n) is 3.48. The van der Waals surface area contributed by atoms with Crippen molar-refractivity contribution in [3.8, 4) is 0 Å². The molecule has 0 bridgehead atoms. The Bertz CT molecular complexity index is 73.5. The summed E-state index contributed by atoms with van der Waals surface area (Å²) in [6.07, 6.45) is 1.28. The molecule has 0 aliphatic carbocycles. The summed E-state index contributed by atoms with van der Waals surface area (Å²) < 4.78 is 0. The molecule has 9 heavy (non-hydrogen) atoms. The van der Waals surface area contributed by atoms with Gasteiger partial charge in [0.05, 0.1) is 6.61 Å². The molecule has 1 aliphatic heterocycles. The highest BCUT2D eigenvalue weighted by atomic mass is 16.3. The summed E-state index contributed by atoms with van der Waals surface area (Å²) in [4.78, 5) is 0. The van der Waals surface area contributed by atoms with Crippen LogP contribution in [0, 0.1) is 0 Å². The Labute approximate surface area is 55.5 Å². The summed E-state index contributed by atoms with van der Waals surface area (Å²) in [5.41, 5.74) is 0. The second-order valence-corrected chi connectivity index (χ2v) is 2.37. The molecular formula is C6H14N2O. The molecule has 0 spiro atoms. The minimum Gasteiger partial charge on any atom is -0.395 e. The monoisotopic (exact) mass is 130 g/mol. The van der Waals surface area contributed by atoms with Gasteiger partial charge >= 0.3 is 0 Å². The molecule has 3 heteroatoms. The van der Waals surface area contributed by atoms with E-state index in [0.29, 0.717) is 6.04 Å². The molecule has 1 fully saturated rings. The number of nitrogens with one attached hydrogen (secondary N) is 2. The molecule has 1 atom stereocenters. The van der Waals surface area contributed by atoms with E-state index < -0.39 is 0 Å². The van der Waals surface area contributed by atoms with Crippen LogP contribution in [0.5, 0.6) is 0 Å². The van der Waals surface area contributed by atoms with Crippen molar-refractivity contribution in [2.24, 2.45) is 0 Å². The highest BCUT2D eigenvalue weighted by Crippen LogP contribution is 1.98. The second kappa shape index (κ2) is 3.82. The Kier molecular flexibility index (Phi) is 2.97. The van der Waals surface area contributed by atoms with Gasteiger partial charge < -0.3 is 15.7 Å². The fourth-order valence-electron chi connectivity index (χ4n) is 0.878. The molecule has 0 aromatic rings. The standard InChI is InChI=1S/C6H14N2O/c9-4-3-7-5-6-1-2-8-6/h6-9H,1-5H2. The maximum Gasteiger partial charge on any atom is 0.0555 e. The van der Waals surface area contributed by atoms with E-state index in [4.69, 9.17) is 5.11 Å². The Morgan fingerprint density at radius 2 is 2.44 bits per heavy atom. The number of aliphatic hydroxyl groups is 1. The zero-order chi connectivity index (χ0) is 6.53. The van der Waals surface area contributed by atoms with Gasteiger partial charge in [-0.3, -0.25) is 0 Å². The van der Waals surface area contributed by atoms with Crippen LogP contribution in [0.4, 0.5) is 0 Å². The largest absolute Gasteiger partial charge is 0.395 e. The zero-order valence-electron chi connectivity index (χ0n) is 5.56. The van der Waals surface area contributed by atoms with Gasteiger partial charge in [0.25, 0.3) is 0 Å². The van der Waals surface area contributed by atoms with E-state index in [0.717, 1.165) is 19.6 Å². The van der Waals surface area contributed by atoms with Gasteiger partial charge in [-0.25, -0.2) is 0 Å². The second-order valence-electron chi connectivity index (χ2n) is 2.37. The van der Waals surface area contributed by atoms with Crippen LogP contribution >= 0.6 is 0 Å². The molecule has 1 unspecified atom stereocenters. The first kappa shape index (κ1) is 6.99. The number of aliphatic hydroxyl groups excluding tert-OH is 1. The Hall–Kier alpha value is -0.120. The van der Waals surface area contributed by atoms with Gasteiger partial charge in [0.15, 0.2) is 0 Å². The Morgan fingerprint density at radius 1 is 1.67 bits per heavy atom. The number of hydrogen-bond donors (Lipinski definition) is 3. The van der Waals surface area contributed by atoms with Crippen LogP contribution in [0.3, 0.4) is 0 Å². The Morgan fingerprint density at radius 3 is 2.89 bits per heavy atom. The fraction of sp³-hybridized carbons (Fsp3) is 1.00. The smallest absolute Gasteiger partial charge is 0.0555 e. The fourth-order valence-corrected chi connectivity index (χ4v) is 0.878. The predicted molar refractivity (Wildman–Crippen MR) is 36.4 cm³/mol. The van der Waals surface area contributed by atoms with Gasteiger partial charge in [0, 0.05) is 19.1 Å². The maximum absolute atomic E-state index is 8.39. The van der Waals surface area contributed by atoms with E-state index >= 15 is 0 Å². The van der Waals surface area contributed by atoms with Crippen molar-refractivity contribution < 1.29 is 5.11 Å². The summed E-state index contributed by atoms with van der Waals surface area (Å²) in [7, 11) is 0. The van der Waals surface area contributed by atoms with Gasteiger partial charge in [-0.1, -0.05) is 0 Å². The average molecular weight is 130 g/mol. The first-order valence-corrected chi connectivity index (χ1v) is 3.48. The van der Waals surface area contributed by atoms with E-state index in [9.17, 15) is 0 Å². The van der Waals surface area contributed by atoms with Crippen LogP contribution in [0.25, 0.3) is 0 Å². The lowest BCUT2D eigenvalue weighted by Gasteiger charge is -2.27. The van der Waals surface area contributed by atoms with Gasteiger partial charge in [0.1, 0.15) is 0 Å². The van der Waals surface area contributed by atoms with Crippen molar-refractivity contribution in [1.29, 1.82) is 0 Å². The third-order valence-corrected chi connectivity index (χ3v) is 1.61. The van der Waals surface area contributed by atoms with Crippen molar-refractivity contribution in [1.82, 2.24) is 10.6 Å². The first-order chi connectivity index (χ1) is 4.43. The van der Waals surface area contributed by atoms with Crippen LogP contribution in [0.1, 0.15) is 6.42 Å². The van der Waals surface area contributed by atoms with Crippen LogP contribution in [-0.2, 0) is 0 Å². The highest BCUT2D eigenvalue weighted by molar-refractivity contribution is 4.78. The van der Waals surface area contributed by atoms with E-state index in [1.807, 2.05) is 0 Å². The maximum atomic E-state index is 8.39. The zero-order valence-corrected chi connectivity index (χ0v) is 5.56. The summed E-state index contributed by atoms with van der Waals surface area (Å²) in [5.74, 6) is 0. The van der Waals surface area contributed by atoms with E-state index in [1.165, 1.54) is 6.42 Å². The lowest BCUT2D eigenvalue weighted by molar-refractivity contribution is 0.280. The highest BCUT2D eigenvalue weighted by Gasteiger charge is 2.14. The summed E-state index contributed by atoms with van der Waals surface area (Å²) in [6, 6.07) is 0.663. The lowest BCUT2D eigenvalue weighted by Crippen LogP contribution is -2.49. The molecule has 1 aliphatic rings. The topological polar surface area (TPSA) is 44.3 Å². The molecule has 0 amide bonds. The summed E-state index contributed by atoms with van der Waals surface area (Å²) >= 11 is 0. The number of hydrogen-bond acceptors (Lipinski definition) is 3. The molecule has 1 saturated heterocycles. The SMILES string of the molecule is OCCNCC1CCN1. The number of rotatable bonds is 4. The third-order valence-electron chi connectivity index (χ3n) is 1.61. The van der Waals surface area contributed by atoms with Crippen molar-refractivity contribution >= 4 is 0 Å². The van der Waals surface area contributed by atoms with Crippen LogP contribution in [-0.4, -0.2) is 37.4 Å². The van der Waals surface area contributed by atoms with Gasteiger partial charge in [-0.15, -0.1) is 0 Å². The third kappa shape index (κ3) is 2.30. The molecule has 0 aromatic heterocycles. The normalized spacial score (nSPS) is 25.7. The van der Waals surface area contributed by atoms with Crippen molar-refractivity contribution in [3.63, 3.8) is 0 Å². The van der Waals surface area contributed by atoms with Gasteiger partial charge in [-0.2, -0.15) is 0 Å². The minimum atomic E-state index is 0.243. The molecule has 1 rings (SSSR count). The summed E-state index contributed by atoms with van der Waals surface area (Å²) in [6.45, 7) is 3.12. The lowest BCUT2D eigenvalue weighted by atomic mass is 10.1. The molecule has 0 radical (unpaired) electrons. The molecule has 3 N–H and O–H groups in total. The molecule has 3 nitrogen and oxygen atoms in total. The quantitative estimate of drug-likeness (QED) is 0.425. The van der Waals surface area contributed by atoms with Crippen LogP contribution < -0.4 is 10.6 Å². The van der Waals surface area contributed by atoms with Crippen molar-refractivity contribution in [3.05, 3.63) is 0 Å². The molecule has 0 saturated carbocycles. The molecule has 0 aromatic carbocycles. The Balaban J connectivity index is 1.80. The van der Waals surface area contributed by atoms with Gasteiger partial charge in [-0.05, 0) is 13.0 Å².